The summed E-state index contributed by atoms with van der Waals surface area (Å²) >= 11 is 0. The molecular weight excluding hydrogens is 384 g/mol. The highest BCUT2D eigenvalue weighted by atomic mass is 16.5. The lowest BCUT2D eigenvalue weighted by molar-refractivity contribution is -0.157. The molecule has 154 valence electrons. The van der Waals surface area contributed by atoms with Crippen LogP contribution in [0.4, 0.5) is 0 Å². The van der Waals surface area contributed by atoms with Gasteiger partial charge in [-0.05, 0) is 28.7 Å². The first-order chi connectivity index (χ1) is 14.5. The minimum Gasteiger partial charge on any atom is -0.468 e. The number of aliphatic hydroxyl groups excluding tert-OH is 1. The number of methoxy groups -OCH3 is 2. The number of carbonyl (C=O) groups excluding carboxylic acids is 3. The van der Waals surface area contributed by atoms with Crippen LogP contribution in [0, 0.1) is 16.7 Å². The first-order valence-corrected chi connectivity index (χ1v) is 9.68. The Morgan fingerprint density at radius 1 is 0.900 bits per heavy atom. The third kappa shape index (κ3) is 2.31. The first kappa shape index (κ1) is 20.0. The molecule has 0 saturated heterocycles. The topological polar surface area (TPSA) is 89.9 Å². The van der Waals surface area contributed by atoms with E-state index in [9.17, 15) is 19.5 Å². The van der Waals surface area contributed by atoms with Gasteiger partial charge in [0.05, 0.1) is 14.2 Å². The molecule has 6 heteroatoms. The van der Waals surface area contributed by atoms with Crippen LogP contribution in [0.25, 0.3) is 11.1 Å². The lowest BCUT2D eigenvalue weighted by atomic mass is 9.66. The maximum absolute atomic E-state index is 14.0. The van der Waals surface area contributed by atoms with E-state index in [2.05, 4.69) is 0 Å². The number of rotatable bonds is 5. The third-order valence-corrected chi connectivity index (χ3v) is 6.37. The van der Waals surface area contributed by atoms with E-state index >= 15 is 0 Å². The van der Waals surface area contributed by atoms with E-state index in [-0.39, 0.29) is 6.42 Å². The van der Waals surface area contributed by atoms with E-state index in [0.717, 1.165) is 0 Å². The van der Waals surface area contributed by atoms with Crippen molar-refractivity contribution in [2.24, 2.45) is 16.7 Å². The Morgan fingerprint density at radius 3 is 1.87 bits per heavy atom. The normalized spacial score (nSPS) is 27.3. The van der Waals surface area contributed by atoms with Gasteiger partial charge in [0.15, 0.2) is 16.6 Å². The molecule has 0 spiro atoms. The number of Topliss-reactive ketones (excluding diaryl/α,β-unsaturated/α-hetero) is 1. The summed E-state index contributed by atoms with van der Waals surface area (Å²) < 4.78 is 10.2. The molecule has 0 radical (unpaired) electrons. The Bertz CT molecular complexity index is 1040. The molecule has 0 heterocycles. The minimum absolute atomic E-state index is 0.0231. The zero-order valence-corrected chi connectivity index (χ0v) is 16.8. The van der Waals surface area contributed by atoms with Crippen LogP contribution in [0.1, 0.15) is 17.5 Å². The van der Waals surface area contributed by atoms with Crippen molar-refractivity contribution in [2.45, 2.75) is 6.42 Å². The smallest absolute Gasteiger partial charge is 0.324 e. The molecule has 2 aliphatic rings. The summed E-state index contributed by atoms with van der Waals surface area (Å²) in [5, 5.41) is 10.2. The van der Waals surface area contributed by atoms with E-state index < -0.39 is 41.1 Å². The fourth-order valence-corrected chi connectivity index (χ4v) is 5.23. The summed E-state index contributed by atoms with van der Waals surface area (Å²) in [6.45, 7) is -0.446. The maximum Gasteiger partial charge on any atom is 0.324 e. The lowest BCUT2D eigenvalue weighted by Gasteiger charge is -2.35. The average molecular weight is 406 g/mol. The number of fused-ring (bicyclic) bond motifs is 2. The first-order valence-electron chi connectivity index (χ1n) is 9.68. The molecule has 0 aromatic heterocycles. The molecule has 3 atom stereocenters. The minimum atomic E-state index is -1.79. The lowest BCUT2D eigenvalue weighted by Crippen LogP contribution is -2.44. The molecular formula is C24H22O6. The Labute approximate surface area is 174 Å². The Kier molecular flexibility index (Phi) is 4.82. The van der Waals surface area contributed by atoms with Gasteiger partial charge in [0, 0.05) is 12.5 Å². The summed E-state index contributed by atoms with van der Waals surface area (Å²) in [5.74, 6) is -2.91. The van der Waals surface area contributed by atoms with Crippen LogP contribution in [0.5, 0.6) is 0 Å². The summed E-state index contributed by atoms with van der Waals surface area (Å²) in [7, 11) is 2.43. The second-order valence-electron chi connectivity index (χ2n) is 7.59. The van der Waals surface area contributed by atoms with Crippen LogP contribution in [-0.4, -0.2) is 43.7 Å². The molecule has 0 amide bonds. The van der Waals surface area contributed by atoms with Crippen LogP contribution in [0.3, 0.4) is 0 Å². The Morgan fingerprint density at radius 2 is 1.40 bits per heavy atom. The molecule has 1 saturated carbocycles. The van der Waals surface area contributed by atoms with Gasteiger partial charge >= 0.3 is 11.9 Å². The van der Waals surface area contributed by atoms with Gasteiger partial charge in [-0.2, -0.15) is 0 Å². The highest BCUT2D eigenvalue weighted by Gasteiger charge is 2.78. The van der Waals surface area contributed by atoms with Crippen molar-refractivity contribution in [3.63, 3.8) is 0 Å². The maximum atomic E-state index is 14.0. The molecule has 0 unspecified atom stereocenters. The molecule has 6 nitrogen and oxygen atoms in total. The van der Waals surface area contributed by atoms with Gasteiger partial charge in [-0.1, -0.05) is 60.7 Å². The van der Waals surface area contributed by atoms with Gasteiger partial charge in [0.25, 0.3) is 0 Å². The summed E-state index contributed by atoms with van der Waals surface area (Å²) in [4.78, 5) is 40.4. The number of aliphatic hydroxyl groups is 1. The quantitative estimate of drug-likeness (QED) is 0.606. The second kappa shape index (κ2) is 7.22. The highest BCUT2D eigenvalue weighted by Crippen LogP contribution is 2.70. The monoisotopic (exact) mass is 406 g/mol. The van der Waals surface area contributed by atoms with Crippen LogP contribution >= 0.6 is 0 Å². The molecule has 30 heavy (non-hydrogen) atoms. The van der Waals surface area contributed by atoms with Crippen LogP contribution in [0.2, 0.25) is 0 Å². The van der Waals surface area contributed by atoms with E-state index in [1.54, 1.807) is 48.5 Å². The van der Waals surface area contributed by atoms with Gasteiger partial charge in [0.2, 0.25) is 0 Å². The number of hydrogen-bond donors (Lipinski definition) is 1. The molecule has 1 fully saturated rings. The zero-order chi connectivity index (χ0) is 21.5. The van der Waals surface area contributed by atoms with Crippen molar-refractivity contribution in [3.05, 3.63) is 71.8 Å². The van der Waals surface area contributed by atoms with Crippen molar-refractivity contribution in [3.8, 4) is 0 Å². The van der Waals surface area contributed by atoms with Gasteiger partial charge in [-0.15, -0.1) is 0 Å². The summed E-state index contributed by atoms with van der Waals surface area (Å²) in [6.07, 6.45) is -0.0231. The molecule has 2 aromatic carbocycles. The van der Waals surface area contributed by atoms with E-state index in [4.69, 9.17) is 9.47 Å². The van der Waals surface area contributed by atoms with Gasteiger partial charge in [-0.3, -0.25) is 14.4 Å². The van der Waals surface area contributed by atoms with Crippen LogP contribution < -0.4 is 0 Å². The summed E-state index contributed by atoms with van der Waals surface area (Å²) in [6, 6.07) is 18.0. The fraction of sp³-hybridized carbons (Fsp3) is 0.292. The predicted octanol–water partition coefficient (Wildman–Crippen LogP) is 2.51. The van der Waals surface area contributed by atoms with E-state index in [1.165, 1.54) is 14.2 Å². The number of carbonyl (C=O) groups is 3. The fourth-order valence-electron chi connectivity index (χ4n) is 5.23. The SMILES string of the molecule is COC(=O)[C@@]12C[C@H](CO)[C@@](C(=O)OC)(C1=O)C(c1ccccc1)=C2c1ccccc1. The van der Waals surface area contributed by atoms with E-state index in [0.29, 0.717) is 22.3 Å². The Hall–Kier alpha value is -3.25. The standard InChI is InChI=1S/C24H22O6/c1-29-21(27)23-13-17(14-25)24(20(23)26,22(28)30-2)19(16-11-7-4-8-12-16)18(23)15-9-5-3-6-10-15/h3-12,17,25H,13-14H2,1-2H3/t17-,23-,24+/m1/s1. The van der Waals surface area contributed by atoms with Gasteiger partial charge in [-0.25, -0.2) is 0 Å². The number of benzene rings is 2. The Balaban J connectivity index is 2.19. The average Bonchev–Trinajstić information content (AvgIpc) is 3.20. The molecule has 2 aliphatic carbocycles. The van der Waals surface area contributed by atoms with Gasteiger partial charge in [0.1, 0.15) is 0 Å². The van der Waals surface area contributed by atoms with Crippen LogP contribution in [0.15, 0.2) is 60.7 Å². The van der Waals surface area contributed by atoms with Crippen molar-refractivity contribution in [2.75, 3.05) is 20.8 Å². The third-order valence-electron chi connectivity index (χ3n) is 6.37. The molecule has 2 aromatic rings. The number of ketones is 1. The van der Waals surface area contributed by atoms with Crippen molar-refractivity contribution < 1.29 is 29.0 Å². The predicted molar refractivity (Wildman–Crippen MR) is 109 cm³/mol. The largest absolute Gasteiger partial charge is 0.468 e. The van der Waals surface area contributed by atoms with Crippen molar-refractivity contribution in [1.29, 1.82) is 0 Å². The second-order valence-corrected chi connectivity index (χ2v) is 7.59. The van der Waals surface area contributed by atoms with Gasteiger partial charge < -0.3 is 14.6 Å². The highest BCUT2D eigenvalue weighted by molar-refractivity contribution is 6.37. The van der Waals surface area contributed by atoms with Crippen molar-refractivity contribution in [1.82, 2.24) is 0 Å². The number of esters is 2. The number of ether oxygens (including phenoxy) is 2. The number of hydrogen-bond acceptors (Lipinski definition) is 6. The molecule has 1 N–H and O–H groups in total. The van der Waals surface area contributed by atoms with Crippen LogP contribution in [-0.2, 0) is 23.9 Å². The van der Waals surface area contributed by atoms with E-state index in [1.807, 2.05) is 12.1 Å². The molecule has 0 aliphatic heterocycles. The molecule has 2 bridgehead atoms. The van der Waals surface area contributed by atoms with Crippen molar-refractivity contribution >= 4 is 28.9 Å². The summed E-state index contributed by atoms with van der Waals surface area (Å²) in [5.41, 5.74) is -1.35. The molecule has 4 rings (SSSR count). The zero-order valence-electron chi connectivity index (χ0n) is 16.8.